The van der Waals surface area contributed by atoms with E-state index >= 15 is 0 Å². The first-order valence-corrected chi connectivity index (χ1v) is 9.64. The molecular weight excluding hydrogens is 316 g/mol. The van der Waals surface area contributed by atoms with Gasteiger partial charge < -0.3 is 19.7 Å². The summed E-state index contributed by atoms with van der Waals surface area (Å²) in [6.07, 6.45) is 4.34. The van der Waals surface area contributed by atoms with Crippen molar-refractivity contribution in [2.45, 2.75) is 31.8 Å². The second-order valence-electron chi connectivity index (χ2n) is 7.50. The highest BCUT2D eigenvalue weighted by molar-refractivity contribution is 5.94. The fourth-order valence-corrected chi connectivity index (χ4v) is 4.27. The number of fused-ring (bicyclic) bond motifs is 1. The number of hydrogen-bond donors (Lipinski definition) is 1. The Morgan fingerprint density at radius 3 is 2.28 bits per heavy atom. The minimum atomic E-state index is 0.158. The predicted octanol–water partition coefficient (Wildman–Crippen LogP) is 2.32. The number of hydrogen-bond acceptors (Lipinski definition) is 4. The molecule has 3 aliphatic rings. The third-order valence-electron chi connectivity index (χ3n) is 5.88. The number of likely N-dealkylation sites (tertiary alicyclic amines) is 1. The summed E-state index contributed by atoms with van der Waals surface area (Å²) in [6, 6.07) is 7.67. The largest absolute Gasteiger partial charge is 0.490 e. The molecule has 3 saturated heterocycles. The molecule has 1 aromatic rings. The summed E-state index contributed by atoms with van der Waals surface area (Å²) in [7, 11) is 0. The molecule has 3 fully saturated rings. The Bertz CT molecular complexity index is 569. The summed E-state index contributed by atoms with van der Waals surface area (Å²) in [6.45, 7) is 5.53. The van der Waals surface area contributed by atoms with Gasteiger partial charge in [-0.05, 0) is 62.0 Å². The zero-order valence-electron chi connectivity index (χ0n) is 14.8. The number of nitrogens with zero attached hydrogens (tertiary/aromatic N) is 1. The molecule has 3 aliphatic heterocycles. The Hall–Kier alpha value is -1.59. The van der Waals surface area contributed by atoms with Gasteiger partial charge in [0.2, 0.25) is 0 Å². The molecule has 5 heteroatoms. The topological polar surface area (TPSA) is 50.8 Å². The molecule has 25 heavy (non-hydrogen) atoms. The summed E-state index contributed by atoms with van der Waals surface area (Å²) >= 11 is 0. The molecule has 4 rings (SSSR count). The Labute approximate surface area is 149 Å². The summed E-state index contributed by atoms with van der Waals surface area (Å²) in [5.74, 6) is 2.49. The lowest BCUT2D eigenvalue weighted by atomic mass is 9.92. The van der Waals surface area contributed by atoms with Gasteiger partial charge in [0, 0.05) is 31.5 Å². The first-order chi connectivity index (χ1) is 12.3. The van der Waals surface area contributed by atoms with Crippen molar-refractivity contribution in [1.29, 1.82) is 0 Å². The van der Waals surface area contributed by atoms with E-state index in [0.717, 1.165) is 88.2 Å². The average Bonchev–Trinajstić information content (AvgIpc) is 3.01. The first-order valence-electron chi connectivity index (χ1n) is 9.64. The molecule has 1 N–H and O–H groups in total. The van der Waals surface area contributed by atoms with Gasteiger partial charge in [0.1, 0.15) is 11.9 Å². The van der Waals surface area contributed by atoms with E-state index in [9.17, 15) is 4.79 Å². The number of amides is 1. The summed E-state index contributed by atoms with van der Waals surface area (Å²) in [5, 5.41) is 3.48. The third kappa shape index (κ3) is 3.98. The number of rotatable bonds is 3. The highest BCUT2D eigenvalue weighted by atomic mass is 16.5. The molecule has 0 saturated carbocycles. The highest BCUT2D eigenvalue weighted by Gasteiger charge is 2.31. The maximum absolute atomic E-state index is 12.8. The molecule has 5 nitrogen and oxygen atoms in total. The monoisotopic (exact) mass is 344 g/mol. The molecule has 3 heterocycles. The van der Waals surface area contributed by atoms with Gasteiger partial charge in [-0.2, -0.15) is 0 Å². The standard InChI is InChI=1S/C20H28N2O3/c23-20(22-9-5-16-13-21-14-17(16)6-10-22)15-1-3-18(4-2-15)25-19-7-11-24-12-8-19/h1-4,16-17,19,21H,5-14H2/t16-,17+. The van der Waals surface area contributed by atoms with Gasteiger partial charge in [0.05, 0.1) is 13.2 Å². The van der Waals surface area contributed by atoms with Crippen LogP contribution in [0.1, 0.15) is 36.0 Å². The van der Waals surface area contributed by atoms with Crippen LogP contribution in [-0.4, -0.2) is 56.3 Å². The molecule has 136 valence electrons. The molecule has 0 radical (unpaired) electrons. The van der Waals surface area contributed by atoms with Gasteiger partial charge in [0.15, 0.2) is 0 Å². The van der Waals surface area contributed by atoms with Crippen molar-refractivity contribution >= 4 is 5.91 Å². The van der Waals surface area contributed by atoms with Crippen molar-refractivity contribution in [2.75, 3.05) is 39.4 Å². The van der Waals surface area contributed by atoms with Crippen LogP contribution in [0.4, 0.5) is 0 Å². The lowest BCUT2D eigenvalue weighted by molar-refractivity contribution is 0.0256. The molecule has 2 atom stereocenters. The van der Waals surface area contributed by atoms with Crippen LogP contribution < -0.4 is 10.1 Å². The maximum atomic E-state index is 12.8. The SMILES string of the molecule is O=C(c1ccc(OC2CCOCC2)cc1)N1CC[C@@H]2CNC[C@@H]2CC1. The van der Waals surface area contributed by atoms with Crippen molar-refractivity contribution in [1.82, 2.24) is 10.2 Å². The Kier molecular flexibility index (Phi) is 5.22. The molecule has 0 spiro atoms. The molecule has 0 aromatic heterocycles. The number of ether oxygens (including phenoxy) is 2. The van der Waals surface area contributed by atoms with E-state index in [2.05, 4.69) is 5.32 Å². The number of carbonyl (C=O) groups excluding carboxylic acids is 1. The maximum Gasteiger partial charge on any atom is 0.253 e. The van der Waals surface area contributed by atoms with E-state index in [4.69, 9.17) is 9.47 Å². The molecule has 0 bridgehead atoms. The van der Waals surface area contributed by atoms with Gasteiger partial charge in [0.25, 0.3) is 5.91 Å². The Morgan fingerprint density at radius 1 is 1.00 bits per heavy atom. The molecule has 1 aromatic carbocycles. The van der Waals surface area contributed by atoms with Crippen LogP contribution in [0.15, 0.2) is 24.3 Å². The van der Waals surface area contributed by atoms with Crippen molar-refractivity contribution in [2.24, 2.45) is 11.8 Å². The molecule has 0 aliphatic carbocycles. The number of nitrogens with one attached hydrogen (secondary N) is 1. The van der Waals surface area contributed by atoms with Crippen molar-refractivity contribution in [3.8, 4) is 5.75 Å². The van der Waals surface area contributed by atoms with E-state index in [1.54, 1.807) is 0 Å². The van der Waals surface area contributed by atoms with Crippen LogP contribution in [0.5, 0.6) is 5.75 Å². The lowest BCUT2D eigenvalue weighted by Crippen LogP contribution is -2.32. The second kappa shape index (κ2) is 7.75. The predicted molar refractivity (Wildman–Crippen MR) is 95.9 cm³/mol. The average molecular weight is 344 g/mol. The van der Waals surface area contributed by atoms with E-state index in [0.29, 0.717) is 0 Å². The van der Waals surface area contributed by atoms with Crippen molar-refractivity contribution in [3.63, 3.8) is 0 Å². The van der Waals surface area contributed by atoms with Gasteiger partial charge in [-0.1, -0.05) is 0 Å². The lowest BCUT2D eigenvalue weighted by Gasteiger charge is -2.24. The number of benzene rings is 1. The quantitative estimate of drug-likeness (QED) is 0.914. The fraction of sp³-hybridized carbons (Fsp3) is 0.650. The normalized spacial score (nSPS) is 27.6. The van der Waals surface area contributed by atoms with Gasteiger partial charge >= 0.3 is 0 Å². The minimum Gasteiger partial charge on any atom is -0.490 e. The zero-order valence-corrected chi connectivity index (χ0v) is 14.8. The van der Waals surface area contributed by atoms with E-state index < -0.39 is 0 Å². The van der Waals surface area contributed by atoms with Gasteiger partial charge in [-0.15, -0.1) is 0 Å². The molecule has 0 unspecified atom stereocenters. The summed E-state index contributed by atoms with van der Waals surface area (Å²) < 4.78 is 11.4. The Balaban J connectivity index is 1.35. The van der Waals surface area contributed by atoms with Crippen LogP contribution in [0.2, 0.25) is 0 Å². The second-order valence-corrected chi connectivity index (χ2v) is 7.50. The molecule has 1 amide bonds. The van der Waals surface area contributed by atoms with Gasteiger partial charge in [-0.3, -0.25) is 4.79 Å². The summed E-state index contributed by atoms with van der Waals surface area (Å²) in [5.41, 5.74) is 0.768. The zero-order chi connectivity index (χ0) is 17.1. The third-order valence-corrected chi connectivity index (χ3v) is 5.88. The highest BCUT2D eigenvalue weighted by Crippen LogP contribution is 2.28. The molecular formula is C20H28N2O3. The Morgan fingerprint density at radius 2 is 1.64 bits per heavy atom. The fourth-order valence-electron chi connectivity index (χ4n) is 4.27. The summed E-state index contributed by atoms with van der Waals surface area (Å²) in [4.78, 5) is 14.9. The van der Waals surface area contributed by atoms with Crippen LogP contribution in [-0.2, 0) is 4.74 Å². The van der Waals surface area contributed by atoms with Crippen molar-refractivity contribution in [3.05, 3.63) is 29.8 Å². The first kappa shape index (κ1) is 16.9. The van der Waals surface area contributed by atoms with E-state index in [-0.39, 0.29) is 12.0 Å². The smallest absolute Gasteiger partial charge is 0.253 e. The van der Waals surface area contributed by atoms with E-state index in [1.807, 2.05) is 29.2 Å². The van der Waals surface area contributed by atoms with Crippen LogP contribution in [0.3, 0.4) is 0 Å². The van der Waals surface area contributed by atoms with Crippen LogP contribution in [0.25, 0.3) is 0 Å². The van der Waals surface area contributed by atoms with Crippen LogP contribution >= 0.6 is 0 Å². The number of carbonyl (C=O) groups is 1. The van der Waals surface area contributed by atoms with Crippen molar-refractivity contribution < 1.29 is 14.3 Å². The minimum absolute atomic E-state index is 0.158. The van der Waals surface area contributed by atoms with Crippen LogP contribution in [0, 0.1) is 11.8 Å². The van der Waals surface area contributed by atoms with E-state index in [1.165, 1.54) is 0 Å². The van der Waals surface area contributed by atoms with Gasteiger partial charge in [-0.25, -0.2) is 0 Å².